The van der Waals surface area contributed by atoms with Gasteiger partial charge in [0.25, 0.3) is 0 Å². The molecule has 1 fully saturated rings. The molecule has 1 aromatic rings. The number of hydrogen-bond acceptors (Lipinski definition) is 5. The van der Waals surface area contributed by atoms with E-state index in [1.165, 1.54) is 18.3 Å². The summed E-state index contributed by atoms with van der Waals surface area (Å²) in [6.45, 7) is 1.99. The smallest absolute Gasteiger partial charge is 0.228 e. The van der Waals surface area contributed by atoms with Crippen LogP contribution in [0.2, 0.25) is 0 Å². The number of anilines is 2. The molecule has 0 aliphatic carbocycles. The number of sulfonamides is 1. The summed E-state index contributed by atoms with van der Waals surface area (Å²) in [4.78, 5) is 23.8. The third kappa shape index (κ3) is 5.17. The molecule has 9 heteroatoms. The standard InChI is InChI=1S/C16H23N3O5S/c1-11(20)17-13-6-7-15(24-2)14(9-13)18-16(21)12-5-4-8-19(10-12)25(3,22)23/h6-7,9,12H,4-5,8,10H2,1-3H3,(H,17,20)(H,18,21)/t12-/m0/s1. The first-order valence-corrected chi connectivity index (χ1v) is 9.77. The maximum Gasteiger partial charge on any atom is 0.228 e. The third-order valence-electron chi connectivity index (χ3n) is 4.00. The number of methoxy groups -OCH3 is 1. The molecule has 0 aromatic heterocycles. The van der Waals surface area contributed by atoms with E-state index in [9.17, 15) is 18.0 Å². The highest BCUT2D eigenvalue weighted by molar-refractivity contribution is 7.88. The molecule has 1 aliphatic heterocycles. The quantitative estimate of drug-likeness (QED) is 0.813. The Kier molecular flexibility index (Phi) is 6.02. The monoisotopic (exact) mass is 369 g/mol. The fraction of sp³-hybridized carbons (Fsp3) is 0.500. The zero-order chi connectivity index (χ0) is 18.6. The number of hydrogen-bond donors (Lipinski definition) is 2. The molecule has 2 amide bonds. The zero-order valence-corrected chi connectivity index (χ0v) is 15.4. The molecule has 1 aromatic carbocycles. The van der Waals surface area contributed by atoms with Crippen LogP contribution in [0.5, 0.6) is 5.75 Å². The first kappa shape index (κ1) is 19.2. The van der Waals surface area contributed by atoms with E-state index in [2.05, 4.69) is 10.6 Å². The Labute approximate surface area is 147 Å². The van der Waals surface area contributed by atoms with Gasteiger partial charge in [0.05, 0.1) is 25.0 Å². The van der Waals surface area contributed by atoms with Crippen molar-refractivity contribution in [2.75, 3.05) is 37.1 Å². The van der Waals surface area contributed by atoms with E-state index < -0.39 is 15.9 Å². The molecule has 25 heavy (non-hydrogen) atoms. The van der Waals surface area contributed by atoms with Gasteiger partial charge in [-0.3, -0.25) is 9.59 Å². The number of piperidine rings is 1. The van der Waals surface area contributed by atoms with E-state index in [1.807, 2.05) is 0 Å². The number of nitrogens with zero attached hydrogens (tertiary/aromatic N) is 1. The van der Waals surface area contributed by atoms with Gasteiger partial charge in [0.1, 0.15) is 5.75 Å². The van der Waals surface area contributed by atoms with Gasteiger partial charge in [-0.1, -0.05) is 0 Å². The van der Waals surface area contributed by atoms with Gasteiger partial charge >= 0.3 is 0 Å². The normalized spacial score (nSPS) is 18.4. The Hall–Kier alpha value is -2.13. The van der Waals surface area contributed by atoms with Crippen molar-refractivity contribution >= 4 is 33.2 Å². The molecular formula is C16H23N3O5S. The van der Waals surface area contributed by atoms with Crippen LogP contribution < -0.4 is 15.4 Å². The number of benzene rings is 1. The zero-order valence-electron chi connectivity index (χ0n) is 14.5. The number of carbonyl (C=O) groups is 2. The Morgan fingerprint density at radius 1 is 1.28 bits per heavy atom. The lowest BCUT2D eigenvalue weighted by molar-refractivity contribution is -0.121. The van der Waals surface area contributed by atoms with Gasteiger partial charge in [-0.25, -0.2) is 12.7 Å². The van der Waals surface area contributed by atoms with E-state index in [4.69, 9.17) is 4.74 Å². The molecule has 138 valence electrons. The van der Waals surface area contributed by atoms with Crippen molar-refractivity contribution in [2.24, 2.45) is 5.92 Å². The minimum absolute atomic E-state index is 0.165. The second-order valence-electron chi connectivity index (χ2n) is 6.05. The summed E-state index contributed by atoms with van der Waals surface area (Å²) in [5, 5.41) is 5.42. The van der Waals surface area contributed by atoms with Crippen molar-refractivity contribution in [3.63, 3.8) is 0 Å². The number of rotatable bonds is 5. The number of ether oxygens (including phenoxy) is 1. The summed E-state index contributed by atoms with van der Waals surface area (Å²) in [7, 11) is -1.84. The SMILES string of the molecule is COc1ccc(NC(C)=O)cc1NC(=O)[C@H]1CCCN(S(C)(=O)=O)C1. The third-order valence-corrected chi connectivity index (χ3v) is 5.27. The number of nitrogens with one attached hydrogen (secondary N) is 2. The van der Waals surface area contributed by atoms with E-state index in [-0.39, 0.29) is 18.4 Å². The summed E-state index contributed by atoms with van der Waals surface area (Å²) in [6.07, 6.45) is 2.40. The van der Waals surface area contributed by atoms with Gasteiger partial charge in [0, 0.05) is 25.7 Å². The van der Waals surface area contributed by atoms with Crippen LogP contribution in [-0.4, -0.2) is 51.0 Å². The van der Waals surface area contributed by atoms with Gasteiger partial charge in [0.2, 0.25) is 21.8 Å². The second kappa shape index (κ2) is 7.83. The highest BCUT2D eigenvalue weighted by atomic mass is 32.2. The molecule has 2 N–H and O–H groups in total. The fourth-order valence-corrected chi connectivity index (χ4v) is 3.69. The van der Waals surface area contributed by atoms with Crippen molar-refractivity contribution in [3.05, 3.63) is 18.2 Å². The van der Waals surface area contributed by atoms with E-state index in [0.29, 0.717) is 36.5 Å². The average Bonchev–Trinajstić information content (AvgIpc) is 2.54. The lowest BCUT2D eigenvalue weighted by Crippen LogP contribution is -2.43. The van der Waals surface area contributed by atoms with Gasteiger partial charge < -0.3 is 15.4 Å². The van der Waals surface area contributed by atoms with Crippen LogP contribution >= 0.6 is 0 Å². The van der Waals surface area contributed by atoms with Crippen LogP contribution in [0.25, 0.3) is 0 Å². The highest BCUT2D eigenvalue weighted by Gasteiger charge is 2.30. The molecular weight excluding hydrogens is 346 g/mol. The van der Waals surface area contributed by atoms with Gasteiger partial charge in [0.15, 0.2) is 0 Å². The van der Waals surface area contributed by atoms with Gasteiger partial charge in [-0.15, -0.1) is 0 Å². The van der Waals surface area contributed by atoms with Crippen molar-refractivity contribution in [2.45, 2.75) is 19.8 Å². The molecule has 0 spiro atoms. The van der Waals surface area contributed by atoms with Crippen LogP contribution in [0.4, 0.5) is 11.4 Å². The van der Waals surface area contributed by atoms with Crippen molar-refractivity contribution in [1.82, 2.24) is 4.31 Å². The second-order valence-corrected chi connectivity index (χ2v) is 8.03. The minimum atomic E-state index is -3.32. The summed E-state index contributed by atoms with van der Waals surface area (Å²) in [5.41, 5.74) is 0.959. The first-order chi connectivity index (χ1) is 11.7. The van der Waals surface area contributed by atoms with Crippen LogP contribution in [0.3, 0.4) is 0 Å². The summed E-state index contributed by atoms with van der Waals surface area (Å²) in [5.74, 6) is -0.471. The van der Waals surface area contributed by atoms with Crippen molar-refractivity contribution in [1.29, 1.82) is 0 Å². The Morgan fingerprint density at radius 3 is 2.60 bits per heavy atom. The largest absolute Gasteiger partial charge is 0.495 e. The molecule has 0 radical (unpaired) electrons. The van der Waals surface area contributed by atoms with Crippen LogP contribution in [0.1, 0.15) is 19.8 Å². The van der Waals surface area contributed by atoms with Crippen LogP contribution in [-0.2, 0) is 19.6 Å². The topological polar surface area (TPSA) is 105 Å². The summed E-state index contributed by atoms with van der Waals surface area (Å²) >= 11 is 0. The average molecular weight is 369 g/mol. The van der Waals surface area contributed by atoms with Gasteiger partial charge in [-0.2, -0.15) is 0 Å². The van der Waals surface area contributed by atoms with E-state index in [1.54, 1.807) is 18.2 Å². The van der Waals surface area contributed by atoms with Gasteiger partial charge in [-0.05, 0) is 31.0 Å². The van der Waals surface area contributed by atoms with E-state index in [0.717, 1.165) is 6.26 Å². The lowest BCUT2D eigenvalue weighted by atomic mass is 9.98. The molecule has 1 saturated heterocycles. The summed E-state index contributed by atoms with van der Waals surface area (Å²) < 4.78 is 29.9. The number of amides is 2. The molecule has 1 atom stereocenters. The molecule has 0 bridgehead atoms. The number of carbonyl (C=O) groups excluding carboxylic acids is 2. The molecule has 0 saturated carbocycles. The molecule has 0 unspecified atom stereocenters. The molecule has 1 aliphatic rings. The maximum atomic E-state index is 12.6. The fourth-order valence-electron chi connectivity index (χ4n) is 2.78. The lowest BCUT2D eigenvalue weighted by Gasteiger charge is -2.30. The van der Waals surface area contributed by atoms with E-state index >= 15 is 0 Å². The maximum absolute atomic E-state index is 12.6. The molecule has 1 heterocycles. The van der Waals surface area contributed by atoms with Crippen LogP contribution in [0.15, 0.2) is 18.2 Å². The Bertz CT molecular complexity index is 763. The summed E-state index contributed by atoms with van der Waals surface area (Å²) in [6, 6.07) is 4.92. The first-order valence-electron chi connectivity index (χ1n) is 7.92. The molecule has 8 nitrogen and oxygen atoms in total. The van der Waals surface area contributed by atoms with Crippen molar-refractivity contribution < 1.29 is 22.7 Å². The Morgan fingerprint density at radius 2 is 2.00 bits per heavy atom. The Balaban J connectivity index is 2.14. The molecule has 2 rings (SSSR count). The predicted octanol–water partition coefficient (Wildman–Crippen LogP) is 1.26. The van der Waals surface area contributed by atoms with Crippen LogP contribution in [0, 0.1) is 5.92 Å². The highest BCUT2D eigenvalue weighted by Crippen LogP contribution is 2.29. The minimum Gasteiger partial charge on any atom is -0.495 e. The predicted molar refractivity (Wildman–Crippen MR) is 95.1 cm³/mol. The van der Waals surface area contributed by atoms with Crippen molar-refractivity contribution in [3.8, 4) is 5.75 Å².